The minimum atomic E-state index is -0.124. The standard InChI is InChI=1S/C16H26O3/c1-2-12-3-4-13(9-12)15(17)14-5-7-19-16(10-14)6-8-18-11-16/h12-14H,2-11H2,1H3. The Morgan fingerprint density at radius 2 is 2.11 bits per heavy atom. The van der Waals surface area contributed by atoms with Crippen LogP contribution in [0.5, 0.6) is 0 Å². The Bertz CT molecular complexity index is 333. The molecule has 3 fully saturated rings. The highest BCUT2D eigenvalue weighted by atomic mass is 16.6. The zero-order valence-electron chi connectivity index (χ0n) is 12.0. The molecule has 2 aliphatic heterocycles. The van der Waals surface area contributed by atoms with Gasteiger partial charge in [0.05, 0.1) is 12.2 Å². The summed E-state index contributed by atoms with van der Waals surface area (Å²) in [6.45, 7) is 4.47. The van der Waals surface area contributed by atoms with E-state index in [9.17, 15) is 4.79 Å². The summed E-state index contributed by atoms with van der Waals surface area (Å²) in [4.78, 5) is 12.7. The molecule has 1 spiro atoms. The molecule has 3 aliphatic rings. The Kier molecular flexibility index (Phi) is 3.95. The van der Waals surface area contributed by atoms with Gasteiger partial charge in [-0.3, -0.25) is 4.79 Å². The summed E-state index contributed by atoms with van der Waals surface area (Å²) in [6, 6.07) is 0. The Labute approximate surface area is 116 Å². The molecule has 108 valence electrons. The maximum Gasteiger partial charge on any atom is 0.139 e. The predicted octanol–water partition coefficient (Wildman–Crippen LogP) is 2.97. The molecule has 1 saturated carbocycles. The van der Waals surface area contributed by atoms with Crippen molar-refractivity contribution in [3.8, 4) is 0 Å². The molecule has 0 bridgehead atoms. The largest absolute Gasteiger partial charge is 0.378 e. The zero-order chi connectivity index (χ0) is 13.3. The summed E-state index contributed by atoms with van der Waals surface area (Å²) in [5.41, 5.74) is -0.124. The number of hydrogen-bond donors (Lipinski definition) is 0. The minimum absolute atomic E-state index is 0.124. The van der Waals surface area contributed by atoms with Crippen LogP contribution < -0.4 is 0 Å². The van der Waals surface area contributed by atoms with E-state index in [0.717, 1.165) is 51.2 Å². The zero-order valence-corrected chi connectivity index (χ0v) is 12.0. The number of rotatable bonds is 3. The lowest BCUT2D eigenvalue weighted by Gasteiger charge is -2.37. The van der Waals surface area contributed by atoms with E-state index >= 15 is 0 Å². The fraction of sp³-hybridized carbons (Fsp3) is 0.938. The summed E-state index contributed by atoms with van der Waals surface area (Å²) in [5.74, 6) is 1.89. The van der Waals surface area contributed by atoms with Gasteiger partial charge in [0.2, 0.25) is 0 Å². The molecule has 19 heavy (non-hydrogen) atoms. The van der Waals surface area contributed by atoms with Crippen molar-refractivity contribution >= 4 is 5.78 Å². The first-order valence-electron chi connectivity index (χ1n) is 7.98. The summed E-state index contributed by atoms with van der Waals surface area (Å²) in [5, 5.41) is 0. The van der Waals surface area contributed by atoms with Crippen LogP contribution in [0.2, 0.25) is 0 Å². The van der Waals surface area contributed by atoms with E-state index in [-0.39, 0.29) is 11.5 Å². The van der Waals surface area contributed by atoms with Crippen LogP contribution in [0.3, 0.4) is 0 Å². The molecular formula is C16H26O3. The van der Waals surface area contributed by atoms with Crippen molar-refractivity contribution in [2.75, 3.05) is 19.8 Å². The second-order valence-electron chi connectivity index (χ2n) is 6.71. The van der Waals surface area contributed by atoms with Gasteiger partial charge in [0.15, 0.2) is 0 Å². The topological polar surface area (TPSA) is 35.5 Å². The first-order chi connectivity index (χ1) is 9.22. The van der Waals surface area contributed by atoms with Crippen molar-refractivity contribution in [3.63, 3.8) is 0 Å². The molecule has 4 atom stereocenters. The number of carbonyl (C=O) groups excluding carboxylic acids is 1. The third kappa shape index (κ3) is 2.73. The maximum atomic E-state index is 12.7. The van der Waals surface area contributed by atoms with Crippen molar-refractivity contribution in [3.05, 3.63) is 0 Å². The van der Waals surface area contributed by atoms with E-state index in [0.29, 0.717) is 18.3 Å². The summed E-state index contributed by atoms with van der Waals surface area (Å²) in [7, 11) is 0. The Hall–Kier alpha value is -0.410. The highest BCUT2D eigenvalue weighted by Crippen LogP contribution is 2.40. The molecule has 4 unspecified atom stereocenters. The molecule has 3 nitrogen and oxygen atoms in total. The first-order valence-corrected chi connectivity index (χ1v) is 7.98. The van der Waals surface area contributed by atoms with E-state index in [1.165, 1.54) is 12.8 Å². The van der Waals surface area contributed by atoms with Crippen molar-refractivity contribution < 1.29 is 14.3 Å². The van der Waals surface area contributed by atoms with E-state index in [1.54, 1.807) is 0 Å². The summed E-state index contributed by atoms with van der Waals surface area (Å²) < 4.78 is 11.4. The second-order valence-corrected chi connectivity index (χ2v) is 6.71. The molecular weight excluding hydrogens is 240 g/mol. The second kappa shape index (κ2) is 5.53. The molecule has 3 heteroatoms. The van der Waals surface area contributed by atoms with Crippen LogP contribution in [-0.2, 0) is 14.3 Å². The maximum absolute atomic E-state index is 12.7. The van der Waals surface area contributed by atoms with Gasteiger partial charge < -0.3 is 9.47 Å². The molecule has 0 amide bonds. The molecule has 0 aromatic carbocycles. The van der Waals surface area contributed by atoms with Gasteiger partial charge in [-0.2, -0.15) is 0 Å². The molecule has 1 aliphatic carbocycles. The van der Waals surface area contributed by atoms with Crippen LogP contribution >= 0.6 is 0 Å². The smallest absolute Gasteiger partial charge is 0.139 e. The van der Waals surface area contributed by atoms with Crippen LogP contribution in [0.25, 0.3) is 0 Å². The first kappa shape index (κ1) is 13.6. The van der Waals surface area contributed by atoms with Gasteiger partial charge in [0.25, 0.3) is 0 Å². The average Bonchev–Trinajstić information content (AvgIpc) is 3.07. The van der Waals surface area contributed by atoms with Gasteiger partial charge in [-0.25, -0.2) is 0 Å². The van der Waals surface area contributed by atoms with Crippen molar-refractivity contribution in [1.82, 2.24) is 0 Å². The highest BCUT2D eigenvalue weighted by Gasteiger charge is 2.44. The molecule has 2 heterocycles. The fourth-order valence-electron chi connectivity index (χ4n) is 4.17. The van der Waals surface area contributed by atoms with Crippen LogP contribution in [-0.4, -0.2) is 31.2 Å². The third-order valence-electron chi connectivity index (χ3n) is 5.48. The number of ether oxygens (including phenoxy) is 2. The molecule has 0 aromatic heterocycles. The number of ketones is 1. The van der Waals surface area contributed by atoms with Gasteiger partial charge in [-0.1, -0.05) is 13.3 Å². The summed E-state index contributed by atoms with van der Waals surface area (Å²) in [6.07, 6.45) is 7.54. The molecule has 0 N–H and O–H groups in total. The lowest BCUT2D eigenvalue weighted by Crippen LogP contribution is -2.43. The average molecular weight is 266 g/mol. The Morgan fingerprint density at radius 3 is 2.79 bits per heavy atom. The number of carbonyl (C=O) groups is 1. The van der Waals surface area contributed by atoms with E-state index < -0.39 is 0 Å². The van der Waals surface area contributed by atoms with Gasteiger partial charge >= 0.3 is 0 Å². The fourth-order valence-corrected chi connectivity index (χ4v) is 4.17. The molecule has 2 saturated heterocycles. The van der Waals surface area contributed by atoms with Crippen molar-refractivity contribution in [1.29, 1.82) is 0 Å². The number of hydrogen-bond acceptors (Lipinski definition) is 3. The normalized spacial score (nSPS) is 42.9. The van der Waals surface area contributed by atoms with Crippen LogP contribution in [0.15, 0.2) is 0 Å². The summed E-state index contributed by atoms with van der Waals surface area (Å²) >= 11 is 0. The lowest BCUT2D eigenvalue weighted by atomic mass is 9.79. The van der Waals surface area contributed by atoms with Gasteiger partial charge in [-0.05, 0) is 38.0 Å². The SMILES string of the molecule is CCC1CCC(C(=O)C2CCOC3(CCOC3)C2)C1. The van der Waals surface area contributed by atoms with Crippen LogP contribution in [0.4, 0.5) is 0 Å². The number of Topliss-reactive ketones (excluding diaryl/α,β-unsaturated/α-hetero) is 1. The van der Waals surface area contributed by atoms with E-state index in [1.807, 2.05) is 0 Å². The molecule has 0 radical (unpaired) electrons. The Balaban J connectivity index is 1.60. The lowest BCUT2D eigenvalue weighted by molar-refractivity contribution is -0.140. The van der Waals surface area contributed by atoms with Crippen LogP contribution in [0.1, 0.15) is 51.9 Å². The Morgan fingerprint density at radius 1 is 1.21 bits per heavy atom. The molecule has 3 rings (SSSR count). The van der Waals surface area contributed by atoms with Crippen molar-refractivity contribution in [2.24, 2.45) is 17.8 Å². The monoisotopic (exact) mass is 266 g/mol. The van der Waals surface area contributed by atoms with Gasteiger partial charge in [0.1, 0.15) is 5.78 Å². The van der Waals surface area contributed by atoms with Crippen LogP contribution in [0, 0.1) is 17.8 Å². The third-order valence-corrected chi connectivity index (χ3v) is 5.48. The molecule has 0 aromatic rings. The van der Waals surface area contributed by atoms with Gasteiger partial charge in [0, 0.05) is 31.5 Å². The van der Waals surface area contributed by atoms with E-state index in [4.69, 9.17) is 9.47 Å². The van der Waals surface area contributed by atoms with E-state index in [2.05, 4.69) is 6.92 Å². The highest BCUT2D eigenvalue weighted by molar-refractivity contribution is 5.83. The predicted molar refractivity (Wildman–Crippen MR) is 73.0 cm³/mol. The van der Waals surface area contributed by atoms with Gasteiger partial charge in [-0.15, -0.1) is 0 Å². The van der Waals surface area contributed by atoms with Crippen molar-refractivity contribution in [2.45, 2.75) is 57.5 Å². The minimum Gasteiger partial charge on any atom is -0.378 e. The quantitative estimate of drug-likeness (QED) is 0.788.